The Bertz CT molecular complexity index is 887. The molecule has 0 unspecified atom stereocenters. The van der Waals surface area contributed by atoms with Gasteiger partial charge in [0.15, 0.2) is 0 Å². The molecule has 2 aliphatic rings. The van der Waals surface area contributed by atoms with Gasteiger partial charge in [-0.3, -0.25) is 14.5 Å². The number of hydrogen-bond acceptors (Lipinski definition) is 5. The van der Waals surface area contributed by atoms with E-state index in [4.69, 9.17) is 0 Å². The minimum atomic E-state index is -0.161. The SMILES string of the molecule is CN(C)CCN1C(=O)Cc2cc(N3CCNCC3)c3ccccc3c2C1=O. The summed E-state index contributed by atoms with van der Waals surface area (Å²) in [5.74, 6) is -0.262. The molecule has 2 heterocycles. The van der Waals surface area contributed by atoms with Crippen LogP contribution in [0.15, 0.2) is 30.3 Å². The summed E-state index contributed by atoms with van der Waals surface area (Å²) in [6, 6.07) is 10.2. The van der Waals surface area contributed by atoms with Gasteiger partial charge in [0, 0.05) is 50.3 Å². The highest BCUT2D eigenvalue weighted by Crippen LogP contribution is 2.35. The van der Waals surface area contributed by atoms with E-state index in [1.165, 1.54) is 4.90 Å². The normalized spacial score (nSPS) is 17.7. The van der Waals surface area contributed by atoms with Crippen molar-refractivity contribution in [3.05, 3.63) is 41.5 Å². The van der Waals surface area contributed by atoms with Crippen LogP contribution in [0.4, 0.5) is 5.69 Å². The highest BCUT2D eigenvalue weighted by molar-refractivity contribution is 6.18. The van der Waals surface area contributed by atoms with E-state index in [0.29, 0.717) is 25.1 Å². The first-order valence-corrected chi connectivity index (χ1v) is 9.56. The molecule has 2 aromatic rings. The Labute approximate surface area is 159 Å². The zero-order chi connectivity index (χ0) is 19.0. The molecule has 2 aromatic carbocycles. The van der Waals surface area contributed by atoms with E-state index >= 15 is 0 Å². The molecule has 4 rings (SSSR count). The van der Waals surface area contributed by atoms with Crippen LogP contribution >= 0.6 is 0 Å². The molecule has 142 valence electrons. The van der Waals surface area contributed by atoms with Gasteiger partial charge in [-0.25, -0.2) is 0 Å². The summed E-state index contributed by atoms with van der Waals surface area (Å²) in [5, 5.41) is 5.42. The minimum absolute atomic E-state index is 0.101. The number of imide groups is 1. The van der Waals surface area contributed by atoms with Crippen molar-refractivity contribution in [3.8, 4) is 0 Å². The Morgan fingerprint density at radius 2 is 1.78 bits per heavy atom. The first-order valence-electron chi connectivity index (χ1n) is 9.56. The van der Waals surface area contributed by atoms with Gasteiger partial charge in [0.05, 0.1) is 12.0 Å². The summed E-state index contributed by atoms with van der Waals surface area (Å²) in [6.45, 7) is 4.85. The van der Waals surface area contributed by atoms with E-state index in [1.807, 2.05) is 37.2 Å². The van der Waals surface area contributed by atoms with Crippen LogP contribution in [0.1, 0.15) is 15.9 Å². The number of piperazine rings is 1. The molecule has 0 bridgehead atoms. The van der Waals surface area contributed by atoms with Gasteiger partial charge in [-0.05, 0) is 31.1 Å². The molecule has 0 aromatic heterocycles. The molecule has 0 atom stereocenters. The Kier molecular flexibility index (Phi) is 4.85. The van der Waals surface area contributed by atoms with Crippen molar-refractivity contribution >= 4 is 28.3 Å². The van der Waals surface area contributed by atoms with Gasteiger partial charge >= 0.3 is 0 Å². The Balaban J connectivity index is 1.80. The first kappa shape index (κ1) is 17.9. The summed E-state index contributed by atoms with van der Waals surface area (Å²) >= 11 is 0. The second-order valence-electron chi connectivity index (χ2n) is 7.54. The van der Waals surface area contributed by atoms with Crippen molar-refractivity contribution in [1.82, 2.24) is 15.1 Å². The van der Waals surface area contributed by atoms with Crippen LogP contribution in [-0.2, 0) is 11.2 Å². The quantitative estimate of drug-likeness (QED) is 0.828. The van der Waals surface area contributed by atoms with Gasteiger partial charge in [-0.1, -0.05) is 24.3 Å². The van der Waals surface area contributed by atoms with E-state index in [0.717, 1.165) is 48.2 Å². The van der Waals surface area contributed by atoms with Crippen LogP contribution in [0, 0.1) is 0 Å². The molecule has 0 spiro atoms. The fraction of sp³-hybridized carbons (Fsp3) is 0.429. The standard InChI is InChI=1S/C21H26N4O2/c1-23(2)11-12-25-19(26)14-15-13-18(24-9-7-22-8-10-24)16-5-3-4-6-17(16)20(15)21(25)27/h3-6,13,22H,7-12,14H2,1-2H3. The van der Waals surface area contributed by atoms with Crippen molar-refractivity contribution in [2.45, 2.75) is 6.42 Å². The number of anilines is 1. The van der Waals surface area contributed by atoms with Gasteiger partial charge in [-0.2, -0.15) is 0 Å². The van der Waals surface area contributed by atoms with E-state index in [9.17, 15) is 9.59 Å². The monoisotopic (exact) mass is 366 g/mol. The van der Waals surface area contributed by atoms with Crippen LogP contribution in [0.3, 0.4) is 0 Å². The predicted octanol–water partition coefficient (Wildman–Crippen LogP) is 1.34. The molecule has 2 aliphatic heterocycles. The van der Waals surface area contributed by atoms with E-state index in [-0.39, 0.29) is 11.8 Å². The van der Waals surface area contributed by atoms with E-state index in [2.05, 4.69) is 22.3 Å². The largest absolute Gasteiger partial charge is 0.368 e. The maximum absolute atomic E-state index is 13.2. The number of nitrogens with zero attached hydrogens (tertiary/aromatic N) is 3. The zero-order valence-electron chi connectivity index (χ0n) is 16.0. The number of likely N-dealkylation sites (N-methyl/N-ethyl adjacent to an activating group) is 1. The van der Waals surface area contributed by atoms with Crippen molar-refractivity contribution in [3.63, 3.8) is 0 Å². The summed E-state index contributed by atoms with van der Waals surface area (Å²) < 4.78 is 0. The maximum atomic E-state index is 13.2. The minimum Gasteiger partial charge on any atom is -0.368 e. The fourth-order valence-electron chi connectivity index (χ4n) is 4.00. The van der Waals surface area contributed by atoms with Gasteiger partial charge in [0.1, 0.15) is 0 Å². The molecule has 6 nitrogen and oxygen atoms in total. The van der Waals surface area contributed by atoms with Crippen molar-refractivity contribution in [2.75, 3.05) is 58.3 Å². The molecular weight excluding hydrogens is 340 g/mol. The molecular formula is C21H26N4O2. The van der Waals surface area contributed by atoms with Crippen LogP contribution in [0.2, 0.25) is 0 Å². The molecule has 0 saturated carbocycles. The summed E-state index contributed by atoms with van der Waals surface area (Å²) in [7, 11) is 3.89. The number of fused-ring (bicyclic) bond motifs is 3. The van der Waals surface area contributed by atoms with Crippen molar-refractivity contribution in [1.29, 1.82) is 0 Å². The molecule has 0 aliphatic carbocycles. The van der Waals surface area contributed by atoms with E-state index in [1.54, 1.807) is 0 Å². The number of carbonyl (C=O) groups is 2. The third-order valence-corrected chi connectivity index (χ3v) is 5.43. The molecule has 1 saturated heterocycles. The third-order valence-electron chi connectivity index (χ3n) is 5.43. The predicted molar refractivity (Wildman–Crippen MR) is 107 cm³/mol. The average molecular weight is 366 g/mol. The number of hydrogen-bond donors (Lipinski definition) is 1. The number of rotatable bonds is 4. The lowest BCUT2D eigenvalue weighted by molar-refractivity contribution is -0.128. The number of benzene rings is 2. The highest BCUT2D eigenvalue weighted by Gasteiger charge is 2.33. The summed E-state index contributed by atoms with van der Waals surface area (Å²) in [5.41, 5.74) is 2.69. The van der Waals surface area contributed by atoms with Crippen LogP contribution < -0.4 is 10.2 Å². The van der Waals surface area contributed by atoms with Gasteiger partial charge in [0.25, 0.3) is 5.91 Å². The molecule has 1 N–H and O–H groups in total. The number of nitrogens with one attached hydrogen (secondary N) is 1. The lowest BCUT2D eigenvalue weighted by Crippen LogP contribution is -2.46. The molecule has 2 amide bonds. The van der Waals surface area contributed by atoms with Crippen molar-refractivity contribution < 1.29 is 9.59 Å². The maximum Gasteiger partial charge on any atom is 0.261 e. The number of amides is 2. The summed E-state index contributed by atoms with van der Waals surface area (Å²) in [6.07, 6.45) is 0.290. The molecule has 1 fully saturated rings. The average Bonchev–Trinajstić information content (AvgIpc) is 2.67. The lowest BCUT2D eigenvalue weighted by atomic mass is 9.91. The summed E-state index contributed by atoms with van der Waals surface area (Å²) in [4.78, 5) is 31.6. The van der Waals surface area contributed by atoms with Crippen LogP contribution in [0.25, 0.3) is 10.8 Å². The topological polar surface area (TPSA) is 55.9 Å². The third kappa shape index (κ3) is 3.31. The number of carbonyl (C=O) groups excluding carboxylic acids is 2. The molecule has 6 heteroatoms. The zero-order valence-corrected chi connectivity index (χ0v) is 16.0. The van der Waals surface area contributed by atoms with Gasteiger partial charge in [0.2, 0.25) is 5.91 Å². The smallest absolute Gasteiger partial charge is 0.261 e. The van der Waals surface area contributed by atoms with Crippen LogP contribution in [-0.4, -0.2) is 75.0 Å². The van der Waals surface area contributed by atoms with Gasteiger partial charge < -0.3 is 15.1 Å². The van der Waals surface area contributed by atoms with Crippen LogP contribution in [0.5, 0.6) is 0 Å². The molecule has 27 heavy (non-hydrogen) atoms. The second-order valence-corrected chi connectivity index (χ2v) is 7.54. The van der Waals surface area contributed by atoms with E-state index < -0.39 is 0 Å². The Morgan fingerprint density at radius 3 is 2.48 bits per heavy atom. The van der Waals surface area contributed by atoms with Crippen molar-refractivity contribution in [2.24, 2.45) is 0 Å². The fourth-order valence-corrected chi connectivity index (χ4v) is 4.00. The Morgan fingerprint density at radius 1 is 1.07 bits per heavy atom. The Hall–Kier alpha value is -2.44. The molecule has 0 radical (unpaired) electrons. The highest BCUT2D eigenvalue weighted by atomic mass is 16.2. The lowest BCUT2D eigenvalue weighted by Gasteiger charge is -2.33. The first-order chi connectivity index (χ1) is 13.1. The second kappa shape index (κ2) is 7.29. The van der Waals surface area contributed by atoms with Gasteiger partial charge in [-0.15, -0.1) is 0 Å².